The number of aromatic nitrogens is 4. The largest absolute Gasteiger partial charge is 0.369 e. The van der Waals surface area contributed by atoms with E-state index in [1.54, 1.807) is 0 Å². The van der Waals surface area contributed by atoms with E-state index < -0.39 is 28.8 Å². The van der Waals surface area contributed by atoms with Crippen molar-refractivity contribution in [3.63, 3.8) is 0 Å². The van der Waals surface area contributed by atoms with E-state index in [9.17, 15) is 18.4 Å². The normalized spacial score (nSPS) is 16.4. The zero-order valence-corrected chi connectivity index (χ0v) is 21.5. The van der Waals surface area contributed by atoms with Crippen molar-refractivity contribution in [3.05, 3.63) is 76.3 Å². The van der Waals surface area contributed by atoms with Crippen molar-refractivity contribution >= 4 is 28.2 Å². The summed E-state index contributed by atoms with van der Waals surface area (Å²) in [4.78, 5) is 28.1. The van der Waals surface area contributed by atoms with E-state index in [1.807, 2.05) is 23.0 Å². The van der Waals surface area contributed by atoms with Gasteiger partial charge < -0.3 is 10.2 Å². The van der Waals surface area contributed by atoms with Gasteiger partial charge in [-0.3, -0.25) is 14.3 Å². The lowest BCUT2D eigenvalue weighted by Gasteiger charge is -2.23. The summed E-state index contributed by atoms with van der Waals surface area (Å²) >= 11 is 0. The molecule has 10 heteroatoms. The van der Waals surface area contributed by atoms with E-state index >= 15 is 0 Å². The number of carbonyl (C=O) groups excluding carboxylic acids is 1. The molecule has 2 fully saturated rings. The van der Waals surface area contributed by atoms with Crippen LogP contribution in [0.3, 0.4) is 0 Å². The fourth-order valence-corrected chi connectivity index (χ4v) is 5.15. The molecule has 6 rings (SSSR count). The van der Waals surface area contributed by atoms with Gasteiger partial charge in [0.2, 0.25) is 0 Å². The first-order valence-corrected chi connectivity index (χ1v) is 12.7. The highest BCUT2D eigenvalue weighted by molar-refractivity contribution is 6.08. The zero-order valence-electron chi connectivity index (χ0n) is 21.5. The second kappa shape index (κ2) is 8.47. The summed E-state index contributed by atoms with van der Waals surface area (Å²) < 4.78 is 31.2. The molecule has 2 aromatic carbocycles. The van der Waals surface area contributed by atoms with Gasteiger partial charge in [-0.05, 0) is 75.8 Å². The number of fused-ring (bicyclic) bond motifs is 1. The molecule has 1 N–H and O–H groups in total. The van der Waals surface area contributed by atoms with Crippen LogP contribution in [0.2, 0.25) is 0 Å². The first kappa shape index (κ1) is 24.3. The van der Waals surface area contributed by atoms with Gasteiger partial charge >= 0.3 is 0 Å². The Morgan fingerprint density at radius 3 is 2.37 bits per heavy atom. The Labute approximate surface area is 217 Å². The Bertz CT molecular complexity index is 1630. The minimum atomic E-state index is -0.955. The topological polar surface area (TPSA) is 85.0 Å². The zero-order chi connectivity index (χ0) is 26.8. The number of nitrogens with zero attached hydrogens (tertiary/aromatic N) is 5. The van der Waals surface area contributed by atoms with E-state index in [0.29, 0.717) is 15.8 Å². The highest BCUT2D eigenvalue weighted by Crippen LogP contribution is 2.54. The second-order valence-electron chi connectivity index (χ2n) is 11.3. The molecule has 1 aliphatic carbocycles. The fourth-order valence-electron chi connectivity index (χ4n) is 5.15. The molecule has 3 heterocycles. The second-order valence-corrected chi connectivity index (χ2v) is 11.3. The van der Waals surface area contributed by atoms with E-state index in [-0.39, 0.29) is 11.2 Å². The van der Waals surface area contributed by atoms with Gasteiger partial charge in [-0.1, -0.05) is 6.07 Å². The Morgan fingerprint density at radius 1 is 0.974 bits per heavy atom. The predicted octanol–water partition coefficient (Wildman–Crippen LogP) is 4.86. The van der Waals surface area contributed by atoms with Crippen LogP contribution in [0.15, 0.2) is 53.5 Å². The third-order valence-corrected chi connectivity index (χ3v) is 7.49. The first-order chi connectivity index (χ1) is 18.0. The Kier molecular flexibility index (Phi) is 5.41. The van der Waals surface area contributed by atoms with Crippen LogP contribution in [0.1, 0.15) is 50.5 Å². The van der Waals surface area contributed by atoms with E-state index in [1.165, 1.54) is 25.0 Å². The number of halogens is 2. The molecular formula is C28H28F2N6O2. The quantitative estimate of drug-likeness (QED) is 0.417. The number of hydrogen-bond donors (Lipinski definition) is 1. The van der Waals surface area contributed by atoms with Gasteiger partial charge in [-0.2, -0.15) is 14.9 Å². The van der Waals surface area contributed by atoms with Crippen LogP contribution in [0, 0.1) is 17.0 Å². The maximum Gasteiger partial charge on any atom is 0.276 e. The van der Waals surface area contributed by atoms with Crippen molar-refractivity contribution in [1.82, 2.24) is 19.6 Å². The molecule has 8 nitrogen and oxygen atoms in total. The minimum absolute atomic E-state index is 0.149. The van der Waals surface area contributed by atoms with Crippen LogP contribution in [0.4, 0.5) is 20.2 Å². The van der Waals surface area contributed by atoms with Crippen LogP contribution in [0.5, 0.6) is 0 Å². The molecule has 1 amide bonds. The average Bonchev–Trinajstić information content (AvgIpc) is 3.27. The number of benzene rings is 2. The summed E-state index contributed by atoms with van der Waals surface area (Å²) in [5.41, 5.74) is 0.903. The monoisotopic (exact) mass is 518 g/mol. The molecule has 1 aliphatic heterocycles. The molecule has 1 saturated heterocycles. The van der Waals surface area contributed by atoms with E-state index in [0.717, 1.165) is 54.3 Å². The summed E-state index contributed by atoms with van der Waals surface area (Å²) in [6.07, 6.45) is 5.53. The SMILES string of the molecule is CC(C)(C)n1cc2c(N3CCC4(CC4)C3)c(NC(=O)c3ccc(=O)n(-c4c(F)cccc4F)n3)ccc2n1. The molecule has 2 aromatic heterocycles. The van der Waals surface area contributed by atoms with Crippen LogP contribution in [-0.4, -0.2) is 38.6 Å². The first-order valence-electron chi connectivity index (χ1n) is 12.7. The lowest BCUT2D eigenvalue weighted by Crippen LogP contribution is -2.27. The van der Waals surface area contributed by atoms with Gasteiger partial charge in [0.05, 0.1) is 22.4 Å². The van der Waals surface area contributed by atoms with Gasteiger partial charge in [0.15, 0.2) is 11.6 Å². The molecular weight excluding hydrogens is 490 g/mol. The number of anilines is 2. The lowest BCUT2D eigenvalue weighted by molar-refractivity contribution is 0.102. The predicted molar refractivity (Wildman–Crippen MR) is 141 cm³/mol. The van der Waals surface area contributed by atoms with Crippen LogP contribution in [-0.2, 0) is 5.54 Å². The lowest BCUT2D eigenvalue weighted by atomic mass is 10.1. The Morgan fingerprint density at radius 2 is 1.71 bits per heavy atom. The van der Waals surface area contributed by atoms with Crippen LogP contribution in [0.25, 0.3) is 16.6 Å². The fraction of sp³-hybridized carbons (Fsp3) is 0.357. The standard InChI is InChI=1S/C28H28F2N6O2/c1-27(2,3)35-15-17-20(32-35)7-8-21(24(17)34-14-13-28(16-34)11-12-28)31-26(38)22-9-10-23(37)36(33-22)25-18(29)5-4-6-19(25)30/h4-10,15H,11-14,16H2,1-3H3,(H,31,38). The Balaban J connectivity index is 1.40. The maximum atomic E-state index is 14.4. The third-order valence-electron chi connectivity index (χ3n) is 7.49. The molecule has 4 aromatic rings. The number of amides is 1. The summed E-state index contributed by atoms with van der Waals surface area (Å²) in [5, 5.41) is 12.6. The van der Waals surface area contributed by atoms with Crippen molar-refractivity contribution in [3.8, 4) is 5.69 Å². The summed E-state index contributed by atoms with van der Waals surface area (Å²) in [7, 11) is 0. The summed E-state index contributed by atoms with van der Waals surface area (Å²) in [5.74, 6) is -2.51. The van der Waals surface area contributed by atoms with Gasteiger partial charge in [-0.25, -0.2) is 8.78 Å². The molecule has 1 spiro atoms. The molecule has 38 heavy (non-hydrogen) atoms. The minimum Gasteiger partial charge on any atom is -0.369 e. The number of rotatable bonds is 4. The smallest absolute Gasteiger partial charge is 0.276 e. The van der Waals surface area contributed by atoms with Crippen LogP contribution < -0.4 is 15.8 Å². The Hall–Kier alpha value is -4.08. The number of carbonyl (C=O) groups is 1. The van der Waals surface area contributed by atoms with Crippen LogP contribution >= 0.6 is 0 Å². The van der Waals surface area contributed by atoms with Gasteiger partial charge in [0, 0.05) is 30.7 Å². The van der Waals surface area contributed by atoms with E-state index in [2.05, 4.69) is 36.1 Å². The molecule has 0 atom stereocenters. The number of nitrogens with one attached hydrogen (secondary N) is 1. The van der Waals surface area contributed by atoms with Crippen molar-refractivity contribution in [2.24, 2.45) is 5.41 Å². The molecule has 0 bridgehead atoms. The highest BCUT2D eigenvalue weighted by atomic mass is 19.1. The number of para-hydroxylation sites is 1. The van der Waals surface area contributed by atoms with Crippen molar-refractivity contribution in [1.29, 1.82) is 0 Å². The highest BCUT2D eigenvalue weighted by Gasteiger charge is 2.48. The van der Waals surface area contributed by atoms with Gasteiger partial charge in [0.1, 0.15) is 11.4 Å². The molecule has 0 radical (unpaired) electrons. The molecule has 2 aliphatic rings. The third kappa shape index (κ3) is 4.13. The van der Waals surface area contributed by atoms with Gasteiger partial charge in [-0.15, -0.1) is 0 Å². The summed E-state index contributed by atoms with van der Waals surface area (Å²) in [6.45, 7) is 8.02. The van der Waals surface area contributed by atoms with Crippen molar-refractivity contribution < 1.29 is 13.6 Å². The van der Waals surface area contributed by atoms with E-state index in [4.69, 9.17) is 5.10 Å². The molecule has 1 saturated carbocycles. The average molecular weight is 519 g/mol. The summed E-state index contributed by atoms with van der Waals surface area (Å²) in [6, 6.07) is 9.25. The van der Waals surface area contributed by atoms with Gasteiger partial charge in [0.25, 0.3) is 11.5 Å². The molecule has 0 unspecified atom stereocenters. The van der Waals surface area contributed by atoms with Crippen molar-refractivity contribution in [2.75, 3.05) is 23.3 Å². The van der Waals surface area contributed by atoms with Crippen molar-refractivity contribution in [2.45, 2.75) is 45.6 Å². The molecule has 196 valence electrons. The number of hydrogen-bond acceptors (Lipinski definition) is 5. The maximum absolute atomic E-state index is 14.4.